The minimum atomic E-state index is -0.789. The van der Waals surface area contributed by atoms with Gasteiger partial charge in [-0.1, -0.05) is 22.9 Å². The Labute approximate surface area is 131 Å². The minimum absolute atomic E-state index is 0.0613. The molecular weight excluding hydrogens is 338 g/mol. The zero-order valence-electron chi connectivity index (χ0n) is 11.8. The molecule has 21 heavy (non-hydrogen) atoms. The number of aliphatic carboxylic acids is 1. The molecule has 1 aliphatic heterocycles. The highest BCUT2D eigenvalue weighted by Gasteiger charge is 2.41. The summed E-state index contributed by atoms with van der Waals surface area (Å²) in [4.78, 5) is 25.5. The number of hydrogen-bond acceptors (Lipinski definition) is 3. The van der Waals surface area contributed by atoms with E-state index in [1.807, 2.05) is 6.92 Å². The fourth-order valence-corrected chi connectivity index (χ4v) is 3.07. The molecule has 0 bridgehead atoms. The highest BCUT2D eigenvalue weighted by Crippen LogP contribution is 2.36. The van der Waals surface area contributed by atoms with Crippen molar-refractivity contribution in [2.24, 2.45) is 5.41 Å². The van der Waals surface area contributed by atoms with Crippen molar-refractivity contribution in [1.29, 1.82) is 0 Å². The van der Waals surface area contributed by atoms with Crippen LogP contribution in [0, 0.1) is 5.41 Å². The van der Waals surface area contributed by atoms with Gasteiger partial charge in [0.2, 0.25) is 0 Å². The number of carbonyl (C=O) groups excluding carboxylic acids is 1. The second-order valence-electron chi connectivity index (χ2n) is 5.39. The van der Waals surface area contributed by atoms with Crippen LogP contribution in [0.15, 0.2) is 22.7 Å². The summed E-state index contributed by atoms with van der Waals surface area (Å²) in [6.45, 7) is 2.65. The minimum Gasteiger partial charge on any atom is -0.507 e. The molecule has 114 valence electrons. The van der Waals surface area contributed by atoms with Crippen LogP contribution in [0.5, 0.6) is 5.75 Å². The number of halogens is 1. The van der Waals surface area contributed by atoms with Gasteiger partial charge in [0.25, 0.3) is 5.91 Å². The third kappa shape index (κ3) is 3.05. The van der Waals surface area contributed by atoms with Gasteiger partial charge >= 0.3 is 5.97 Å². The van der Waals surface area contributed by atoms with Crippen LogP contribution in [0.1, 0.15) is 36.5 Å². The summed E-state index contributed by atoms with van der Waals surface area (Å²) in [5.74, 6) is -1.11. The van der Waals surface area contributed by atoms with Crippen molar-refractivity contribution in [2.45, 2.75) is 26.2 Å². The van der Waals surface area contributed by atoms with Gasteiger partial charge in [-0.15, -0.1) is 0 Å². The van der Waals surface area contributed by atoms with E-state index < -0.39 is 11.4 Å². The largest absolute Gasteiger partial charge is 0.507 e. The molecule has 0 aromatic heterocycles. The molecule has 1 fully saturated rings. The van der Waals surface area contributed by atoms with Crippen LogP contribution in [0.3, 0.4) is 0 Å². The first-order chi connectivity index (χ1) is 9.89. The van der Waals surface area contributed by atoms with Crippen molar-refractivity contribution in [3.63, 3.8) is 0 Å². The zero-order valence-corrected chi connectivity index (χ0v) is 13.4. The normalized spacial score (nSPS) is 17.5. The molecule has 0 unspecified atom stereocenters. The number of carboxylic acids is 1. The second-order valence-corrected chi connectivity index (χ2v) is 6.31. The van der Waals surface area contributed by atoms with Crippen molar-refractivity contribution in [1.82, 2.24) is 4.90 Å². The van der Waals surface area contributed by atoms with Gasteiger partial charge in [-0.05, 0) is 37.5 Å². The standard InChI is InChI=1S/C15H18BrNO4/c1-2-15(14(20)21)5-7-17(8-6-15)13(19)11-9-10(16)3-4-12(11)18/h3-4,9,18H,2,5-8H2,1H3,(H,20,21). The quantitative estimate of drug-likeness (QED) is 0.873. The average molecular weight is 356 g/mol. The van der Waals surface area contributed by atoms with Crippen molar-refractivity contribution in [3.8, 4) is 5.75 Å². The summed E-state index contributed by atoms with van der Waals surface area (Å²) in [6, 6.07) is 4.71. The van der Waals surface area contributed by atoms with Crippen molar-refractivity contribution < 1.29 is 19.8 Å². The summed E-state index contributed by atoms with van der Waals surface area (Å²) in [7, 11) is 0. The molecule has 1 saturated heterocycles. The molecule has 1 aliphatic rings. The summed E-state index contributed by atoms with van der Waals surface area (Å²) < 4.78 is 0.717. The maximum absolute atomic E-state index is 12.4. The molecule has 0 aliphatic carbocycles. The van der Waals surface area contributed by atoms with Crippen LogP contribution >= 0.6 is 15.9 Å². The number of amides is 1. The molecule has 1 amide bonds. The van der Waals surface area contributed by atoms with E-state index in [4.69, 9.17) is 0 Å². The van der Waals surface area contributed by atoms with Crippen molar-refractivity contribution >= 4 is 27.8 Å². The maximum atomic E-state index is 12.4. The molecule has 6 heteroatoms. The third-order valence-electron chi connectivity index (χ3n) is 4.33. The number of benzene rings is 1. The Morgan fingerprint density at radius 3 is 2.48 bits per heavy atom. The molecule has 0 radical (unpaired) electrons. The number of piperidine rings is 1. The highest BCUT2D eigenvalue weighted by atomic mass is 79.9. The Balaban J connectivity index is 2.13. The Morgan fingerprint density at radius 2 is 1.95 bits per heavy atom. The lowest BCUT2D eigenvalue weighted by molar-refractivity contribution is -0.152. The fourth-order valence-electron chi connectivity index (χ4n) is 2.71. The van der Waals surface area contributed by atoms with E-state index in [9.17, 15) is 19.8 Å². The molecule has 2 N–H and O–H groups in total. The van der Waals surface area contributed by atoms with E-state index >= 15 is 0 Å². The number of aromatic hydroxyl groups is 1. The van der Waals surface area contributed by atoms with E-state index in [1.54, 1.807) is 17.0 Å². The predicted molar refractivity (Wildman–Crippen MR) is 81.3 cm³/mol. The molecular formula is C15H18BrNO4. The number of phenols is 1. The first-order valence-electron chi connectivity index (χ1n) is 6.91. The van der Waals surface area contributed by atoms with Gasteiger partial charge < -0.3 is 15.1 Å². The number of carboxylic acid groups (broad SMARTS) is 1. The fraction of sp³-hybridized carbons (Fsp3) is 0.467. The highest BCUT2D eigenvalue weighted by molar-refractivity contribution is 9.10. The van der Waals surface area contributed by atoms with Crippen LogP contribution in [-0.2, 0) is 4.79 Å². The molecule has 1 heterocycles. The van der Waals surface area contributed by atoms with E-state index in [0.29, 0.717) is 36.8 Å². The molecule has 2 rings (SSSR count). The predicted octanol–water partition coefficient (Wildman–Crippen LogP) is 2.87. The van der Waals surface area contributed by atoms with Gasteiger partial charge in [0.15, 0.2) is 0 Å². The number of nitrogens with zero attached hydrogens (tertiary/aromatic N) is 1. The van der Waals surface area contributed by atoms with Gasteiger partial charge in [-0.2, -0.15) is 0 Å². The summed E-state index contributed by atoms with van der Waals surface area (Å²) in [6.07, 6.45) is 1.45. The number of phenolic OH excluding ortho intramolecular Hbond substituents is 1. The summed E-state index contributed by atoms with van der Waals surface area (Å²) >= 11 is 3.28. The molecule has 0 atom stereocenters. The van der Waals surface area contributed by atoms with Crippen LogP contribution in [0.4, 0.5) is 0 Å². The van der Waals surface area contributed by atoms with Gasteiger partial charge in [-0.25, -0.2) is 0 Å². The van der Waals surface area contributed by atoms with Gasteiger partial charge in [0.05, 0.1) is 11.0 Å². The first kappa shape index (κ1) is 15.8. The van der Waals surface area contributed by atoms with Gasteiger partial charge in [0, 0.05) is 17.6 Å². The number of rotatable bonds is 3. The Kier molecular flexibility index (Phi) is 4.56. The number of hydrogen-bond donors (Lipinski definition) is 2. The molecule has 0 saturated carbocycles. The topological polar surface area (TPSA) is 77.8 Å². The van der Waals surface area contributed by atoms with E-state index in [2.05, 4.69) is 15.9 Å². The third-order valence-corrected chi connectivity index (χ3v) is 4.82. The Bertz CT molecular complexity index is 565. The number of likely N-dealkylation sites (tertiary alicyclic amines) is 1. The van der Waals surface area contributed by atoms with E-state index in [-0.39, 0.29) is 17.2 Å². The van der Waals surface area contributed by atoms with E-state index in [0.717, 1.165) is 0 Å². The first-order valence-corrected chi connectivity index (χ1v) is 7.70. The smallest absolute Gasteiger partial charge is 0.309 e. The summed E-state index contributed by atoms with van der Waals surface area (Å²) in [5.41, 5.74) is -0.487. The van der Waals surface area contributed by atoms with E-state index in [1.165, 1.54) is 6.07 Å². The van der Waals surface area contributed by atoms with Gasteiger partial charge in [-0.3, -0.25) is 9.59 Å². The molecule has 5 nitrogen and oxygen atoms in total. The lowest BCUT2D eigenvalue weighted by Crippen LogP contribution is -2.46. The molecule has 1 aromatic rings. The SMILES string of the molecule is CCC1(C(=O)O)CCN(C(=O)c2cc(Br)ccc2O)CC1. The van der Waals surface area contributed by atoms with Crippen LogP contribution in [-0.4, -0.2) is 40.1 Å². The lowest BCUT2D eigenvalue weighted by Gasteiger charge is -2.38. The Hall–Kier alpha value is -1.56. The lowest BCUT2D eigenvalue weighted by atomic mass is 9.76. The van der Waals surface area contributed by atoms with Gasteiger partial charge in [0.1, 0.15) is 5.75 Å². The van der Waals surface area contributed by atoms with Crippen LogP contribution in [0.2, 0.25) is 0 Å². The van der Waals surface area contributed by atoms with Crippen LogP contribution < -0.4 is 0 Å². The monoisotopic (exact) mass is 355 g/mol. The Morgan fingerprint density at radius 1 is 1.33 bits per heavy atom. The molecule has 0 spiro atoms. The maximum Gasteiger partial charge on any atom is 0.309 e. The summed E-state index contributed by atoms with van der Waals surface area (Å²) in [5, 5.41) is 19.2. The molecule has 1 aromatic carbocycles. The average Bonchev–Trinajstić information content (AvgIpc) is 2.49. The van der Waals surface area contributed by atoms with Crippen molar-refractivity contribution in [2.75, 3.05) is 13.1 Å². The zero-order chi connectivity index (χ0) is 15.6. The number of carbonyl (C=O) groups is 2. The van der Waals surface area contributed by atoms with Crippen LogP contribution in [0.25, 0.3) is 0 Å². The van der Waals surface area contributed by atoms with Crippen molar-refractivity contribution in [3.05, 3.63) is 28.2 Å². The second kappa shape index (κ2) is 6.05.